The van der Waals surface area contributed by atoms with E-state index >= 15 is 0 Å². The van der Waals surface area contributed by atoms with E-state index < -0.39 is 6.10 Å². The van der Waals surface area contributed by atoms with E-state index in [1.165, 1.54) is 0 Å². The Kier molecular flexibility index (Phi) is 4.68. The summed E-state index contributed by atoms with van der Waals surface area (Å²) in [5, 5.41) is 14.8. The third-order valence-corrected chi connectivity index (χ3v) is 3.52. The maximum atomic E-state index is 9.83. The summed E-state index contributed by atoms with van der Waals surface area (Å²) in [6.07, 6.45) is -0.564. The molecular weight excluding hydrogens is 299 g/mol. The summed E-state index contributed by atoms with van der Waals surface area (Å²) in [5.74, 6) is 0.814. The number of rotatable bonds is 4. The van der Waals surface area contributed by atoms with Gasteiger partial charge in [-0.1, -0.05) is 42.2 Å². The molecule has 1 heterocycles. The predicted molar refractivity (Wildman–Crippen MR) is 79.0 cm³/mol. The summed E-state index contributed by atoms with van der Waals surface area (Å²) in [4.78, 5) is 4.35. The SMILES string of the molecule is CC(C)C(c1nc(-c2cc(Cl)cc(Cl)c2)no1)C(C)O. The third-order valence-electron chi connectivity index (χ3n) is 3.09. The Balaban J connectivity index is 2.37. The standard InChI is InChI=1S/C14H16Cl2N2O2/c1-7(2)12(8(3)19)14-17-13(18-20-14)9-4-10(15)6-11(16)5-9/h4-8,12,19H,1-3H3. The molecule has 4 nitrogen and oxygen atoms in total. The van der Waals surface area contributed by atoms with E-state index in [1.807, 2.05) is 13.8 Å². The Morgan fingerprint density at radius 1 is 1.10 bits per heavy atom. The van der Waals surface area contributed by atoms with Crippen LogP contribution in [0, 0.1) is 5.92 Å². The van der Waals surface area contributed by atoms with Gasteiger partial charge >= 0.3 is 0 Å². The molecule has 0 aliphatic heterocycles. The molecule has 2 unspecified atom stereocenters. The van der Waals surface area contributed by atoms with E-state index in [0.717, 1.165) is 0 Å². The second kappa shape index (κ2) is 6.12. The minimum Gasteiger partial charge on any atom is -0.393 e. The second-order valence-corrected chi connectivity index (χ2v) is 6.00. The van der Waals surface area contributed by atoms with E-state index in [9.17, 15) is 5.11 Å². The van der Waals surface area contributed by atoms with Crippen molar-refractivity contribution in [1.82, 2.24) is 10.1 Å². The highest BCUT2D eigenvalue weighted by Gasteiger charge is 2.27. The van der Waals surface area contributed by atoms with Crippen LogP contribution in [0.15, 0.2) is 22.7 Å². The Hall–Kier alpha value is -1.10. The summed E-state index contributed by atoms with van der Waals surface area (Å²) < 4.78 is 5.28. The fraction of sp³-hybridized carbons (Fsp3) is 0.429. The normalized spacial score (nSPS) is 14.6. The van der Waals surface area contributed by atoms with Crippen LogP contribution >= 0.6 is 23.2 Å². The molecule has 1 N–H and O–H groups in total. The molecule has 6 heteroatoms. The van der Waals surface area contributed by atoms with Crippen molar-refractivity contribution >= 4 is 23.2 Å². The first-order valence-electron chi connectivity index (χ1n) is 6.36. The molecule has 0 aliphatic carbocycles. The lowest BCUT2D eigenvalue weighted by molar-refractivity contribution is 0.120. The monoisotopic (exact) mass is 314 g/mol. The van der Waals surface area contributed by atoms with Crippen molar-refractivity contribution in [2.24, 2.45) is 5.92 Å². The lowest BCUT2D eigenvalue weighted by atomic mass is 9.91. The van der Waals surface area contributed by atoms with Gasteiger partial charge in [-0.25, -0.2) is 0 Å². The summed E-state index contributed by atoms with van der Waals surface area (Å²) in [5.41, 5.74) is 0.686. The van der Waals surface area contributed by atoms with Gasteiger partial charge in [0.1, 0.15) is 0 Å². The Morgan fingerprint density at radius 3 is 2.20 bits per heavy atom. The summed E-state index contributed by atoms with van der Waals surface area (Å²) in [6, 6.07) is 5.07. The van der Waals surface area contributed by atoms with Crippen LogP contribution in [-0.4, -0.2) is 21.4 Å². The van der Waals surface area contributed by atoms with Crippen LogP contribution in [0.4, 0.5) is 0 Å². The Morgan fingerprint density at radius 2 is 1.70 bits per heavy atom. The van der Waals surface area contributed by atoms with Crippen LogP contribution in [0.3, 0.4) is 0 Å². The van der Waals surface area contributed by atoms with Crippen molar-refractivity contribution in [2.45, 2.75) is 32.8 Å². The fourth-order valence-electron chi connectivity index (χ4n) is 2.22. The van der Waals surface area contributed by atoms with Gasteiger partial charge < -0.3 is 9.63 Å². The van der Waals surface area contributed by atoms with Crippen molar-refractivity contribution in [1.29, 1.82) is 0 Å². The topological polar surface area (TPSA) is 59.2 Å². The molecule has 1 aromatic carbocycles. The molecule has 2 atom stereocenters. The molecule has 0 spiro atoms. The predicted octanol–water partition coefficient (Wildman–Crippen LogP) is 4.16. The van der Waals surface area contributed by atoms with Crippen molar-refractivity contribution in [2.75, 3.05) is 0 Å². The van der Waals surface area contributed by atoms with Gasteiger partial charge in [0.25, 0.3) is 0 Å². The van der Waals surface area contributed by atoms with Gasteiger partial charge in [0.05, 0.1) is 12.0 Å². The summed E-state index contributed by atoms with van der Waals surface area (Å²) in [7, 11) is 0. The van der Waals surface area contributed by atoms with Gasteiger partial charge in [0, 0.05) is 15.6 Å². The highest BCUT2D eigenvalue weighted by Crippen LogP contribution is 2.30. The first kappa shape index (κ1) is 15.3. The van der Waals surface area contributed by atoms with Crippen LogP contribution < -0.4 is 0 Å². The number of nitrogens with zero attached hydrogens (tertiary/aromatic N) is 2. The van der Waals surface area contributed by atoms with E-state index in [0.29, 0.717) is 27.3 Å². The minimum atomic E-state index is -0.564. The lowest BCUT2D eigenvalue weighted by Crippen LogP contribution is -2.20. The van der Waals surface area contributed by atoms with Crippen molar-refractivity contribution in [3.05, 3.63) is 34.1 Å². The van der Waals surface area contributed by atoms with Crippen LogP contribution in [-0.2, 0) is 0 Å². The van der Waals surface area contributed by atoms with Gasteiger partial charge in [0.15, 0.2) is 0 Å². The molecule has 0 radical (unpaired) electrons. The first-order chi connectivity index (χ1) is 9.38. The molecule has 1 aromatic heterocycles. The molecule has 2 rings (SSSR count). The fourth-order valence-corrected chi connectivity index (χ4v) is 2.75. The Bertz CT molecular complexity index is 568. The van der Waals surface area contributed by atoms with Crippen LogP contribution in [0.25, 0.3) is 11.4 Å². The quantitative estimate of drug-likeness (QED) is 0.920. The number of aromatic nitrogens is 2. The highest BCUT2D eigenvalue weighted by atomic mass is 35.5. The summed E-state index contributed by atoms with van der Waals surface area (Å²) in [6.45, 7) is 5.71. The van der Waals surface area contributed by atoms with Crippen LogP contribution in [0.2, 0.25) is 10.0 Å². The zero-order valence-corrected chi connectivity index (χ0v) is 13.0. The molecular formula is C14H16Cl2N2O2. The number of aliphatic hydroxyl groups excluding tert-OH is 1. The zero-order valence-electron chi connectivity index (χ0n) is 11.5. The number of hydrogen-bond donors (Lipinski definition) is 1. The number of hydrogen-bond acceptors (Lipinski definition) is 4. The van der Waals surface area contributed by atoms with Crippen LogP contribution in [0.5, 0.6) is 0 Å². The number of aliphatic hydroxyl groups is 1. The highest BCUT2D eigenvalue weighted by molar-refractivity contribution is 6.35. The van der Waals surface area contributed by atoms with E-state index in [2.05, 4.69) is 10.1 Å². The zero-order chi connectivity index (χ0) is 14.9. The largest absolute Gasteiger partial charge is 0.393 e. The van der Waals surface area contributed by atoms with E-state index in [-0.39, 0.29) is 11.8 Å². The van der Waals surface area contributed by atoms with E-state index in [4.69, 9.17) is 27.7 Å². The maximum Gasteiger partial charge on any atom is 0.232 e. The molecule has 0 bridgehead atoms. The van der Waals surface area contributed by atoms with Crippen molar-refractivity contribution in [3.63, 3.8) is 0 Å². The molecule has 0 amide bonds. The van der Waals surface area contributed by atoms with Crippen molar-refractivity contribution in [3.8, 4) is 11.4 Å². The molecule has 2 aromatic rings. The molecule has 20 heavy (non-hydrogen) atoms. The van der Waals surface area contributed by atoms with Gasteiger partial charge in [0.2, 0.25) is 11.7 Å². The van der Waals surface area contributed by atoms with Gasteiger partial charge in [-0.05, 0) is 31.0 Å². The lowest BCUT2D eigenvalue weighted by Gasteiger charge is -2.19. The number of halogens is 2. The Labute approximate surface area is 127 Å². The smallest absolute Gasteiger partial charge is 0.232 e. The third kappa shape index (κ3) is 3.32. The molecule has 0 fully saturated rings. The molecule has 0 saturated heterocycles. The average Bonchev–Trinajstić information content (AvgIpc) is 2.75. The molecule has 108 valence electrons. The average molecular weight is 315 g/mol. The summed E-state index contributed by atoms with van der Waals surface area (Å²) >= 11 is 11.9. The first-order valence-corrected chi connectivity index (χ1v) is 7.12. The van der Waals surface area contributed by atoms with E-state index in [1.54, 1.807) is 25.1 Å². The molecule has 0 aliphatic rings. The second-order valence-electron chi connectivity index (χ2n) is 5.12. The van der Waals surface area contributed by atoms with Gasteiger partial charge in [-0.2, -0.15) is 4.98 Å². The minimum absolute atomic E-state index is 0.186. The van der Waals surface area contributed by atoms with Crippen molar-refractivity contribution < 1.29 is 9.63 Å². The van der Waals surface area contributed by atoms with Gasteiger partial charge in [-0.3, -0.25) is 0 Å². The van der Waals surface area contributed by atoms with Crippen LogP contribution in [0.1, 0.15) is 32.6 Å². The molecule has 0 saturated carbocycles. The van der Waals surface area contributed by atoms with Gasteiger partial charge in [-0.15, -0.1) is 0 Å². The maximum absolute atomic E-state index is 9.83. The number of benzene rings is 1.